The summed E-state index contributed by atoms with van der Waals surface area (Å²) in [7, 11) is -3.47. The van der Waals surface area contributed by atoms with Crippen LogP contribution in [0.1, 0.15) is 12.8 Å². The van der Waals surface area contributed by atoms with E-state index in [-0.39, 0.29) is 6.04 Å². The van der Waals surface area contributed by atoms with E-state index in [1.54, 1.807) is 18.2 Å². The van der Waals surface area contributed by atoms with Gasteiger partial charge in [-0.05, 0) is 47.0 Å². The molecule has 0 aliphatic heterocycles. The van der Waals surface area contributed by atoms with Gasteiger partial charge in [0, 0.05) is 16.2 Å². The first-order chi connectivity index (χ1) is 7.46. The van der Waals surface area contributed by atoms with Crippen molar-refractivity contribution in [2.45, 2.75) is 18.9 Å². The van der Waals surface area contributed by atoms with Gasteiger partial charge in [0.15, 0.2) is 0 Å². The van der Waals surface area contributed by atoms with Gasteiger partial charge in [0.1, 0.15) is 0 Å². The van der Waals surface area contributed by atoms with Crippen molar-refractivity contribution in [1.82, 2.24) is 4.72 Å². The molecule has 0 radical (unpaired) electrons. The maximum atomic E-state index is 11.6. The van der Waals surface area contributed by atoms with E-state index in [1.807, 2.05) is 0 Å². The van der Waals surface area contributed by atoms with Crippen molar-refractivity contribution < 1.29 is 8.42 Å². The average Bonchev–Trinajstić information content (AvgIpc) is 2.94. The van der Waals surface area contributed by atoms with Crippen LogP contribution in [0.15, 0.2) is 22.7 Å². The van der Waals surface area contributed by atoms with Gasteiger partial charge in [0.25, 0.3) is 10.2 Å². The summed E-state index contributed by atoms with van der Waals surface area (Å²) in [6.45, 7) is 0. The average molecular weight is 306 g/mol. The van der Waals surface area contributed by atoms with Gasteiger partial charge in [0.05, 0.1) is 5.69 Å². The molecule has 0 bridgehead atoms. The van der Waals surface area contributed by atoms with Crippen LogP contribution < -0.4 is 15.2 Å². The number of nitrogens with one attached hydrogen (secondary N) is 2. The second-order valence-electron chi connectivity index (χ2n) is 3.73. The first-order valence-electron chi connectivity index (χ1n) is 4.81. The molecule has 1 aromatic rings. The Morgan fingerprint density at radius 2 is 2.06 bits per heavy atom. The van der Waals surface area contributed by atoms with E-state index in [1.165, 1.54) is 0 Å². The van der Waals surface area contributed by atoms with Crippen molar-refractivity contribution in [3.63, 3.8) is 0 Å². The summed E-state index contributed by atoms with van der Waals surface area (Å²) in [5.74, 6) is 0. The summed E-state index contributed by atoms with van der Waals surface area (Å²) >= 11 is 3.24. The van der Waals surface area contributed by atoms with Crippen molar-refractivity contribution in [2.24, 2.45) is 0 Å². The van der Waals surface area contributed by atoms with Crippen LogP contribution in [0, 0.1) is 0 Å². The van der Waals surface area contributed by atoms with Crippen LogP contribution in [-0.4, -0.2) is 14.5 Å². The second kappa shape index (κ2) is 4.23. The van der Waals surface area contributed by atoms with E-state index in [4.69, 9.17) is 5.73 Å². The van der Waals surface area contributed by atoms with E-state index in [9.17, 15) is 8.42 Å². The number of anilines is 2. The lowest BCUT2D eigenvalue weighted by Crippen LogP contribution is -2.31. The first-order valence-corrected chi connectivity index (χ1v) is 7.09. The minimum Gasteiger partial charge on any atom is -0.398 e. The van der Waals surface area contributed by atoms with Gasteiger partial charge in [-0.1, -0.05) is 0 Å². The molecule has 0 unspecified atom stereocenters. The Hall–Kier alpha value is -0.790. The third-order valence-electron chi connectivity index (χ3n) is 2.15. The van der Waals surface area contributed by atoms with Crippen molar-refractivity contribution in [2.75, 3.05) is 10.5 Å². The zero-order valence-electron chi connectivity index (χ0n) is 8.40. The number of hydrogen-bond donors (Lipinski definition) is 3. The van der Waals surface area contributed by atoms with Crippen LogP contribution in [0.25, 0.3) is 0 Å². The zero-order valence-corrected chi connectivity index (χ0v) is 10.8. The van der Waals surface area contributed by atoms with Gasteiger partial charge < -0.3 is 5.73 Å². The fraction of sp³-hybridized carbons (Fsp3) is 0.333. The molecule has 1 aliphatic carbocycles. The largest absolute Gasteiger partial charge is 0.398 e. The molecular formula is C9H12BrN3O2S. The molecule has 1 aliphatic rings. The Morgan fingerprint density at radius 3 is 2.62 bits per heavy atom. The molecule has 7 heteroatoms. The van der Waals surface area contributed by atoms with Crippen molar-refractivity contribution >= 4 is 37.5 Å². The summed E-state index contributed by atoms with van der Waals surface area (Å²) < 4.78 is 28.8. The van der Waals surface area contributed by atoms with E-state index < -0.39 is 10.2 Å². The number of rotatable bonds is 4. The highest BCUT2D eigenvalue weighted by Gasteiger charge is 2.26. The Bertz CT molecular complexity index is 499. The summed E-state index contributed by atoms with van der Waals surface area (Å²) in [5, 5.41) is 0. The Kier molecular flexibility index (Phi) is 3.09. The molecule has 4 N–H and O–H groups in total. The van der Waals surface area contributed by atoms with Gasteiger partial charge in [-0.25, -0.2) is 0 Å². The van der Waals surface area contributed by atoms with E-state index in [2.05, 4.69) is 25.4 Å². The molecule has 0 atom stereocenters. The standard InChI is InChI=1S/C9H12BrN3O2S/c10-8-4-3-7(5-9(8)11)13-16(14,15)12-6-1-2-6/h3-6,12-13H,1-2,11H2. The Balaban J connectivity index is 2.10. The number of benzene rings is 1. The second-order valence-corrected chi connectivity index (χ2v) is 6.03. The molecule has 5 nitrogen and oxygen atoms in total. The smallest absolute Gasteiger partial charge is 0.299 e. The SMILES string of the molecule is Nc1cc(NS(=O)(=O)NC2CC2)ccc1Br. The summed E-state index contributed by atoms with van der Waals surface area (Å²) in [6, 6.07) is 5.00. The minimum absolute atomic E-state index is 0.0882. The predicted molar refractivity (Wildman–Crippen MR) is 67.3 cm³/mol. The topological polar surface area (TPSA) is 84.2 Å². The molecule has 16 heavy (non-hydrogen) atoms. The predicted octanol–water partition coefficient (Wildman–Crippen LogP) is 1.44. The van der Waals surface area contributed by atoms with Crippen molar-refractivity contribution in [3.8, 4) is 0 Å². The normalized spacial score (nSPS) is 16.1. The lowest BCUT2D eigenvalue weighted by molar-refractivity contribution is 0.586. The fourth-order valence-corrected chi connectivity index (χ4v) is 2.63. The third kappa shape index (κ3) is 3.10. The van der Waals surface area contributed by atoms with Gasteiger partial charge in [-0.15, -0.1) is 0 Å². The highest BCUT2D eigenvalue weighted by atomic mass is 79.9. The highest BCUT2D eigenvalue weighted by Crippen LogP contribution is 2.24. The van der Waals surface area contributed by atoms with Crippen LogP contribution in [0.3, 0.4) is 0 Å². The molecule has 0 amide bonds. The number of nitrogens with two attached hydrogens (primary N) is 1. The molecule has 0 saturated heterocycles. The molecule has 0 heterocycles. The van der Waals surface area contributed by atoms with Crippen molar-refractivity contribution in [1.29, 1.82) is 0 Å². The monoisotopic (exact) mass is 305 g/mol. The maximum Gasteiger partial charge on any atom is 0.299 e. The third-order valence-corrected chi connectivity index (χ3v) is 4.02. The summed E-state index contributed by atoms with van der Waals surface area (Å²) in [5.41, 5.74) is 6.60. The van der Waals surface area contributed by atoms with E-state index in [0.29, 0.717) is 11.4 Å². The minimum atomic E-state index is -3.47. The zero-order chi connectivity index (χ0) is 11.8. The molecule has 0 spiro atoms. The number of halogens is 1. The van der Waals surface area contributed by atoms with Crippen molar-refractivity contribution in [3.05, 3.63) is 22.7 Å². The van der Waals surface area contributed by atoms with Crippen LogP contribution in [0.4, 0.5) is 11.4 Å². The van der Waals surface area contributed by atoms with E-state index >= 15 is 0 Å². The highest BCUT2D eigenvalue weighted by molar-refractivity contribution is 9.10. The number of hydrogen-bond acceptors (Lipinski definition) is 3. The van der Waals surface area contributed by atoms with Crippen LogP contribution in [0.5, 0.6) is 0 Å². The van der Waals surface area contributed by atoms with Crippen LogP contribution in [-0.2, 0) is 10.2 Å². The molecular weight excluding hydrogens is 294 g/mol. The molecule has 1 fully saturated rings. The van der Waals surface area contributed by atoms with E-state index in [0.717, 1.165) is 17.3 Å². The molecule has 1 saturated carbocycles. The lowest BCUT2D eigenvalue weighted by Gasteiger charge is -2.09. The quantitative estimate of drug-likeness (QED) is 0.736. The fourth-order valence-electron chi connectivity index (χ4n) is 1.21. The Morgan fingerprint density at radius 1 is 1.38 bits per heavy atom. The van der Waals surface area contributed by atoms with Gasteiger partial charge >= 0.3 is 0 Å². The summed E-state index contributed by atoms with van der Waals surface area (Å²) in [6.07, 6.45) is 1.81. The van der Waals surface area contributed by atoms with Crippen LogP contribution >= 0.6 is 15.9 Å². The summed E-state index contributed by atoms with van der Waals surface area (Å²) in [4.78, 5) is 0. The maximum absolute atomic E-state index is 11.6. The number of nitrogen functional groups attached to an aromatic ring is 1. The van der Waals surface area contributed by atoms with Gasteiger partial charge in [-0.3, -0.25) is 4.72 Å². The molecule has 1 aromatic carbocycles. The lowest BCUT2D eigenvalue weighted by atomic mass is 10.3. The van der Waals surface area contributed by atoms with Gasteiger partial charge in [-0.2, -0.15) is 13.1 Å². The first kappa shape index (κ1) is 11.7. The molecule has 88 valence electrons. The van der Waals surface area contributed by atoms with Gasteiger partial charge in [0.2, 0.25) is 0 Å². The molecule has 0 aromatic heterocycles. The molecule has 2 rings (SSSR count). The van der Waals surface area contributed by atoms with Crippen LogP contribution in [0.2, 0.25) is 0 Å². The Labute approximate surface area is 103 Å².